The topological polar surface area (TPSA) is 207 Å². The Balaban J connectivity index is 1.53. The molecule has 1 aromatic heterocycles. The first-order valence-electron chi connectivity index (χ1n) is 15.6. The third-order valence-corrected chi connectivity index (χ3v) is 7.68. The number of hydrogen-bond acceptors (Lipinski definition) is 15. The van der Waals surface area contributed by atoms with Gasteiger partial charge in [0.05, 0.1) is 45.0 Å². The molecule has 2 N–H and O–H groups in total. The molecule has 0 radical (unpaired) electrons. The quantitative estimate of drug-likeness (QED) is 0.0692. The standard InChI is InChI=1S/C34H38N4O14/c1-36(31(41)21-9-6-12-24(27(21)39)49-34(44)46-3)17-18-37(16-15-35-30(40)22-10-7-13-25(51-47-4)28(22)45-2)19-20-38-32(42)23-11-8-14-26(52-48-5)29(23)50-33(38)43/h6-14,39H,15-20H2,1-5H3,(H,35,40). The van der Waals surface area contributed by atoms with Crippen molar-refractivity contribution in [2.24, 2.45) is 0 Å². The molecule has 4 aromatic rings. The maximum atomic E-state index is 13.4. The number of para-hydroxylation sites is 3. The summed E-state index contributed by atoms with van der Waals surface area (Å²) < 4.78 is 21.1. The molecule has 0 atom stereocenters. The Kier molecular flexibility index (Phi) is 13.6. The predicted octanol–water partition coefficient (Wildman–Crippen LogP) is 2.20. The van der Waals surface area contributed by atoms with Crippen LogP contribution in [0.15, 0.2) is 68.6 Å². The number of nitrogens with zero attached hydrogens (tertiary/aromatic N) is 3. The molecule has 0 saturated heterocycles. The number of phenols is 1. The summed E-state index contributed by atoms with van der Waals surface area (Å²) in [6, 6.07) is 13.3. The first kappa shape index (κ1) is 38.7. The first-order valence-corrected chi connectivity index (χ1v) is 15.6. The van der Waals surface area contributed by atoms with Crippen molar-refractivity contribution in [1.29, 1.82) is 0 Å². The number of hydrogen-bond donors (Lipinski definition) is 2. The van der Waals surface area contributed by atoms with E-state index in [1.807, 2.05) is 4.90 Å². The maximum Gasteiger partial charge on any atom is 0.513 e. The van der Waals surface area contributed by atoms with Gasteiger partial charge in [-0.3, -0.25) is 19.3 Å². The molecule has 18 nitrogen and oxygen atoms in total. The Morgan fingerprint density at radius 1 is 0.827 bits per heavy atom. The van der Waals surface area contributed by atoms with Gasteiger partial charge in [-0.05, 0) is 36.4 Å². The third kappa shape index (κ3) is 9.16. The van der Waals surface area contributed by atoms with E-state index in [2.05, 4.69) is 14.9 Å². The monoisotopic (exact) mass is 726 g/mol. The van der Waals surface area contributed by atoms with E-state index < -0.39 is 35.0 Å². The maximum absolute atomic E-state index is 13.4. The highest BCUT2D eigenvalue weighted by Crippen LogP contribution is 2.32. The second-order valence-corrected chi connectivity index (χ2v) is 10.8. The van der Waals surface area contributed by atoms with Crippen molar-refractivity contribution < 1.29 is 57.7 Å². The Morgan fingerprint density at radius 3 is 2.17 bits per heavy atom. The van der Waals surface area contributed by atoms with Crippen LogP contribution in [0.5, 0.6) is 28.7 Å². The number of aromatic hydroxyl groups is 1. The molecule has 0 aliphatic carbocycles. The van der Waals surface area contributed by atoms with Gasteiger partial charge >= 0.3 is 11.9 Å². The van der Waals surface area contributed by atoms with Crippen LogP contribution in [-0.4, -0.2) is 106 Å². The van der Waals surface area contributed by atoms with Gasteiger partial charge in [-0.15, -0.1) is 0 Å². The SMILES string of the molecule is COOc1cccc(C(=O)NCCN(CCN(C)C(=O)c2cccc(OC(=O)OC)c2O)CCn2c(=O)oc3c(OOC)cccc3c2=O)c1OC. The number of methoxy groups -OCH3 is 2. The van der Waals surface area contributed by atoms with E-state index in [9.17, 15) is 29.1 Å². The zero-order valence-corrected chi connectivity index (χ0v) is 29.0. The molecule has 3 aromatic carbocycles. The van der Waals surface area contributed by atoms with Crippen LogP contribution >= 0.6 is 0 Å². The lowest BCUT2D eigenvalue weighted by atomic mass is 10.1. The van der Waals surface area contributed by atoms with E-state index in [1.165, 1.54) is 63.6 Å². The summed E-state index contributed by atoms with van der Waals surface area (Å²) in [5, 5.41) is 13.5. The first-order chi connectivity index (χ1) is 25.0. The normalized spacial score (nSPS) is 10.9. The zero-order chi connectivity index (χ0) is 37.8. The molecule has 18 heteroatoms. The number of nitrogens with one attached hydrogen (secondary N) is 1. The lowest BCUT2D eigenvalue weighted by Crippen LogP contribution is -2.43. The van der Waals surface area contributed by atoms with Crippen LogP contribution < -0.4 is 35.9 Å². The van der Waals surface area contributed by atoms with Crippen molar-refractivity contribution in [1.82, 2.24) is 19.7 Å². The summed E-state index contributed by atoms with van der Waals surface area (Å²) in [7, 11) is 6.56. The number of ether oxygens (including phenoxy) is 3. The van der Waals surface area contributed by atoms with Crippen molar-refractivity contribution in [3.8, 4) is 28.7 Å². The largest absolute Gasteiger partial charge is 0.513 e. The van der Waals surface area contributed by atoms with Gasteiger partial charge < -0.3 is 43.7 Å². The lowest BCUT2D eigenvalue weighted by molar-refractivity contribution is -0.179. The van der Waals surface area contributed by atoms with Gasteiger partial charge in [-0.1, -0.05) is 18.2 Å². The molecule has 0 saturated carbocycles. The second kappa shape index (κ2) is 18.2. The molecule has 0 bridgehead atoms. The number of rotatable bonds is 17. The van der Waals surface area contributed by atoms with Gasteiger partial charge in [0.15, 0.2) is 22.8 Å². The van der Waals surface area contributed by atoms with E-state index in [0.717, 1.165) is 11.7 Å². The third-order valence-electron chi connectivity index (χ3n) is 7.68. The number of amides is 2. The molecule has 52 heavy (non-hydrogen) atoms. The highest BCUT2D eigenvalue weighted by atomic mass is 17.2. The number of benzene rings is 3. The lowest BCUT2D eigenvalue weighted by Gasteiger charge is -2.26. The predicted molar refractivity (Wildman–Crippen MR) is 182 cm³/mol. The fraction of sp³-hybridized carbons (Fsp3) is 0.324. The number of aromatic nitrogens is 1. The zero-order valence-electron chi connectivity index (χ0n) is 29.0. The summed E-state index contributed by atoms with van der Waals surface area (Å²) in [4.78, 5) is 86.9. The number of likely N-dealkylation sites (N-methyl/N-ethyl adjacent to an activating group) is 1. The van der Waals surface area contributed by atoms with E-state index in [4.69, 9.17) is 28.6 Å². The van der Waals surface area contributed by atoms with E-state index in [0.29, 0.717) is 0 Å². The van der Waals surface area contributed by atoms with Crippen LogP contribution in [0.25, 0.3) is 11.0 Å². The molecule has 0 fully saturated rings. The highest BCUT2D eigenvalue weighted by Gasteiger charge is 2.22. The van der Waals surface area contributed by atoms with Crippen LogP contribution in [0.4, 0.5) is 4.79 Å². The summed E-state index contributed by atoms with van der Waals surface area (Å²) >= 11 is 0. The van der Waals surface area contributed by atoms with Crippen LogP contribution in [0, 0.1) is 0 Å². The number of carbonyl (C=O) groups is 3. The van der Waals surface area contributed by atoms with Gasteiger partial charge in [-0.25, -0.2) is 14.2 Å². The van der Waals surface area contributed by atoms with E-state index >= 15 is 0 Å². The molecule has 0 unspecified atom stereocenters. The molecular weight excluding hydrogens is 688 g/mol. The van der Waals surface area contributed by atoms with Gasteiger partial charge in [0.25, 0.3) is 17.4 Å². The Bertz CT molecular complexity index is 2010. The fourth-order valence-electron chi connectivity index (χ4n) is 5.08. The molecular formula is C34H38N4O14. The summed E-state index contributed by atoms with van der Waals surface area (Å²) in [6.07, 6.45) is -1.08. The molecule has 0 aliphatic heterocycles. The minimum Gasteiger partial charge on any atom is -0.504 e. The summed E-state index contributed by atoms with van der Waals surface area (Å²) in [5.41, 5.74) is -0.643. The minimum absolute atomic E-state index is 0.0517. The van der Waals surface area contributed by atoms with Crippen LogP contribution in [0.3, 0.4) is 0 Å². The number of fused-ring (bicyclic) bond motifs is 1. The van der Waals surface area contributed by atoms with Crippen molar-refractivity contribution in [3.63, 3.8) is 0 Å². The van der Waals surface area contributed by atoms with Crippen molar-refractivity contribution in [2.75, 3.05) is 68.2 Å². The average molecular weight is 727 g/mol. The fourth-order valence-corrected chi connectivity index (χ4v) is 5.08. The van der Waals surface area contributed by atoms with Gasteiger partial charge in [-0.2, -0.15) is 9.78 Å². The van der Waals surface area contributed by atoms with Crippen molar-refractivity contribution in [2.45, 2.75) is 6.54 Å². The average Bonchev–Trinajstić information content (AvgIpc) is 3.14. The van der Waals surface area contributed by atoms with Gasteiger partial charge in [0.1, 0.15) is 0 Å². The van der Waals surface area contributed by atoms with Crippen LogP contribution in [0.1, 0.15) is 20.7 Å². The van der Waals surface area contributed by atoms with E-state index in [1.54, 1.807) is 24.3 Å². The minimum atomic E-state index is -1.08. The highest BCUT2D eigenvalue weighted by molar-refractivity contribution is 5.98. The molecule has 2 amide bonds. The van der Waals surface area contributed by atoms with Crippen molar-refractivity contribution >= 4 is 28.9 Å². The smallest absolute Gasteiger partial charge is 0.504 e. The summed E-state index contributed by atoms with van der Waals surface area (Å²) in [6.45, 7) is 0.584. The number of phenolic OH excluding ortho intramolecular Hbond substituents is 1. The second-order valence-electron chi connectivity index (χ2n) is 10.8. The Labute approximate surface area is 296 Å². The van der Waals surface area contributed by atoms with Gasteiger partial charge in [0, 0.05) is 46.3 Å². The van der Waals surface area contributed by atoms with Gasteiger partial charge in [0.2, 0.25) is 11.5 Å². The Hall–Kier alpha value is -6.11. The number of carbonyl (C=O) groups excluding carboxylic acids is 3. The molecule has 0 spiro atoms. The van der Waals surface area contributed by atoms with Crippen molar-refractivity contribution in [3.05, 3.63) is 86.6 Å². The molecule has 1 heterocycles. The van der Waals surface area contributed by atoms with E-state index in [-0.39, 0.29) is 84.4 Å². The molecule has 0 aliphatic rings. The van der Waals surface area contributed by atoms with Crippen LogP contribution in [0.2, 0.25) is 0 Å². The van der Waals surface area contributed by atoms with Crippen LogP contribution in [-0.2, 0) is 21.1 Å². The Morgan fingerprint density at radius 2 is 1.48 bits per heavy atom. The molecule has 278 valence electrons. The summed E-state index contributed by atoms with van der Waals surface area (Å²) in [5.74, 6) is -2.41. The molecule has 4 rings (SSSR count).